The molecule has 2 aromatic rings. The van der Waals surface area contributed by atoms with Crippen molar-refractivity contribution in [2.75, 3.05) is 12.0 Å². The first-order valence-corrected chi connectivity index (χ1v) is 13.6. The highest BCUT2D eigenvalue weighted by atomic mass is 28.4. The second-order valence-electron chi connectivity index (χ2n) is 9.69. The lowest BCUT2D eigenvalue weighted by molar-refractivity contribution is -0.133. The van der Waals surface area contributed by atoms with Crippen LogP contribution in [-0.2, 0) is 9.22 Å². The van der Waals surface area contributed by atoms with Crippen molar-refractivity contribution in [3.05, 3.63) is 60.2 Å². The van der Waals surface area contributed by atoms with E-state index in [0.29, 0.717) is 17.0 Å². The summed E-state index contributed by atoms with van der Waals surface area (Å²) in [6, 6.07) is 15.8. The molecular formula is C25H33NO4Si. The lowest BCUT2D eigenvalue weighted by Gasteiger charge is -2.50. The monoisotopic (exact) mass is 439 g/mol. The van der Waals surface area contributed by atoms with Crippen LogP contribution in [0.5, 0.6) is 5.75 Å². The molecule has 31 heavy (non-hydrogen) atoms. The molecule has 0 radical (unpaired) electrons. The van der Waals surface area contributed by atoms with Crippen LogP contribution in [0.25, 0.3) is 0 Å². The van der Waals surface area contributed by atoms with Crippen LogP contribution in [0, 0.1) is 5.92 Å². The summed E-state index contributed by atoms with van der Waals surface area (Å²) in [5, 5.41) is 0.0165. The predicted octanol–water partition coefficient (Wildman–Crippen LogP) is 5.32. The van der Waals surface area contributed by atoms with Gasteiger partial charge in [-0.1, -0.05) is 51.1 Å². The highest BCUT2D eigenvalue weighted by molar-refractivity contribution is 6.74. The summed E-state index contributed by atoms with van der Waals surface area (Å²) in [7, 11) is -0.500. The molecule has 0 aromatic heterocycles. The number of nitrogens with zero attached hydrogens (tertiary/aromatic N) is 1. The third-order valence-corrected chi connectivity index (χ3v) is 11.2. The minimum atomic E-state index is -2.10. The largest absolute Gasteiger partial charge is 0.497 e. The van der Waals surface area contributed by atoms with E-state index in [1.54, 1.807) is 36.3 Å². The average Bonchev–Trinajstić information content (AvgIpc) is 2.71. The normalized spacial score (nSPS) is 20.2. The van der Waals surface area contributed by atoms with Crippen LogP contribution in [-0.4, -0.2) is 39.3 Å². The maximum atomic E-state index is 13.5. The standard InChI is InChI=1S/C25H33NO4Si/c1-17(30-31(6,7)25(2,3)4)21-22(23(27)18-11-9-8-10-12-18)26(24(21)28)19-13-15-20(29-5)16-14-19/h8-17,21-22H,1-7H3/t17-,21-,22+/m1/s1. The van der Waals surface area contributed by atoms with Crippen LogP contribution in [0.1, 0.15) is 38.1 Å². The predicted molar refractivity (Wildman–Crippen MR) is 126 cm³/mol. The molecule has 1 amide bonds. The number of rotatable bonds is 7. The summed E-state index contributed by atoms with van der Waals surface area (Å²) in [4.78, 5) is 28.4. The molecule has 0 saturated carbocycles. The molecule has 166 valence electrons. The first kappa shape index (κ1) is 23.2. The van der Waals surface area contributed by atoms with E-state index in [-0.39, 0.29) is 22.8 Å². The van der Waals surface area contributed by atoms with Crippen molar-refractivity contribution in [1.29, 1.82) is 0 Å². The number of hydrogen-bond donors (Lipinski definition) is 0. The van der Waals surface area contributed by atoms with E-state index in [2.05, 4.69) is 33.9 Å². The molecule has 0 spiro atoms. The number of benzene rings is 2. The van der Waals surface area contributed by atoms with Crippen molar-refractivity contribution in [1.82, 2.24) is 0 Å². The Labute approximate surface area is 186 Å². The lowest BCUT2D eigenvalue weighted by Crippen LogP contribution is -2.69. The van der Waals surface area contributed by atoms with Crippen LogP contribution >= 0.6 is 0 Å². The molecule has 0 aliphatic carbocycles. The lowest BCUT2D eigenvalue weighted by atomic mass is 9.78. The maximum absolute atomic E-state index is 13.5. The number of ether oxygens (including phenoxy) is 1. The number of methoxy groups -OCH3 is 1. The van der Waals surface area contributed by atoms with E-state index >= 15 is 0 Å². The van der Waals surface area contributed by atoms with Crippen LogP contribution in [0.15, 0.2) is 54.6 Å². The zero-order chi connectivity index (χ0) is 23.0. The molecule has 1 heterocycles. The third kappa shape index (κ3) is 4.46. The molecule has 1 saturated heterocycles. The Morgan fingerprint density at radius 2 is 1.61 bits per heavy atom. The Hall–Kier alpha value is -2.44. The van der Waals surface area contributed by atoms with Crippen molar-refractivity contribution >= 4 is 25.7 Å². The van der Waals surface area contributed by atoms with Crippen molar-refractivity contribution in [2.45, 2.75) is 58.0 Å². The molecule has 6 heteroatoms. The van der Waals surface area contributed by atoms with E-state index in [4.69, 9.17) is 9.16 Å². The molecule has 0 unspecified atom stereocenters. The number of anilines is 1. The summed E-state index contributed by atoms with van der Waals surface area (Å²) < 4.78 is 11.8. The fraction of sp³-hybridized carbons (Fsp3) is 0.440. The first-order chi connectivity index (χ1) is 14.5. The highest BCUT2D eigenvalue weighted by Gasteiger charge is 2.56. The molecule has 1 aliphatic rings. The summed E-state index contributed by atoms with van der Waals surface area (Å²) in [6.07, 6.45) is -0.347. The van der Waals surface area contributed by atoms with Gasteiger partial charge in [-0.05, 0) is 49.3 Å². The van der Waals surface area contributed by atoms with Gasteiger partial charge >= 0.3 is 0 Å². The average molecular weight is 440 g/mol. The van der Waals surface area contributed by atoms with Crippen LogP contribution in [0.4, 0.5) is 5.69 Å². The Morgan fingerprint density at radius 1 is 1.03 bits per heavy atom. The van der Waals surface area contributed by atoms with Crippen molar-refractivity contribution < 1.29 is 18.8 Å². The Balaban J connectivity index is 1.94. The van der Waals surface area contributed by atoms with E-state index in [9.17, 15) is 9.59 Å². The zero-order valence-electron chi connectivity index (χ0n) is 19.5. The Morgan fingerprint density at radius 3 is 2.13 bits per heavy atom. The number of carbonyl (C=O) groups is 2. The zero-order valence-corrected chi connectivity index (χ0v) is 20.5. The molecule has 3 rings (SSSR count). The van der Waals surface area contributed by atoms with Gasteiger partial charge in [0.05, 0.1) is 19.1 Å². The van der Waals surface area contributed by atoms with E-state index in [1.807, 2.05) is 37.3 Å². The maximum Gasteiger partial charge on any atom is 0.235 e. The van der Waals surface area contributed by atoms with E-state index in [1.165, 1.54) is 0 Å². The van der Waals surface area contributed by atoms with Gasteiger partial charge in [0.1, 0.15) is 11.8 Å². The smallest absolute Gasteiger partial charge is 0.235 e. The summed E-state index contributed by atoms with van der Waals surface area (Å²) in [6.45, 7) is 12.8. The topological polar surface area (TPSA) is 55.8 Å². The number of β-lactam (4-membered cyclic amide) rings is 1. The summed E-state index contributed by atoms with van der Waals surface area (Å²) >= 11 is 0. The number of hydrogen-bond acceptors (Lipinski definition) is 4. The van der Waals surface area contributed by atoms with Gasteiger partial charge in [0.2, 0.25) is 5.91 Å². The fourth-order valence-electron chi connectivity index (χ4n) is 3.77. The van der Waals surface area contributed by atoms with Crippen LogP contribution in [0.3, 0.4) is 0 Å². The quantitative estimate of drug-likeness (QED) is 0.333. The number of carbonyl (C=O) groups excluding carboxylic acids is 2. The molecule has 0 N–H and O–H groups in total. The summed E-state index contributed by atoms with van der Waals surface area (Å²) in [5.41, 5.74) is 1.29. The second kappa shape index (κ2) is 8.59. The van der Waals surface area contributed by atoms with Crippen molar-refractivity contribution in [2.24, 2.45) is 5.92 Å². The Kier molecular flexibility index (Phi) is 6.44. The third-order valence-electron chi connectivity index (χ3n) is 6.61. The molecule has 1 aliphatic heterocycles. The molecule has 0 bridgehead atoms. The number of Topliss-reactive ketones (excluding diaryl/α,β-unsaturated/α-hetero) is 1. The van der Waals surface area contributed by atoms with Gasteiger partial charge in [0.15, 0.2) is 14.1 Å². The molecule has 5 nitrogen and oxygen atoms in total. The second-order valence-corrected chi connectivity index (χ2v) is 14.4. The Bertz CT molecular complexity index is 934. The van der Waals surface area contributed by atoms with Gasteiger partial charge in [-0.2, -0.15) is 0 Å². The summed E-state index contributed by atoms with van der Waals surface area (Å²) in [5.74, 6) is 0.0510. The van der Waals surface area contributed by atoms with Gasteiger partial charge in [-0.15, -0.1) is 0 Å². The van der Waals surface area contributed by atoms with Crippen LogP contribution in [0.2, 0.25) is 18.1 Å². The van der Waals surface area contributed by atoms with Gasteiger partial charge in [0.25, 0.3) is 0 Å². The van der Waals surface area contributed by atoms with E-state index in [0.717, 1.165) is 0 Å². The molecule has 2 aromatic carbocycles. The van der Waals surface area contributed by atoms with Gasteiger partial charge in [-0.3, -0.25) is 9.59 Å². The highest BCUT2D eigenvalue weighted by Crippen LogP contribution is 2.42. The van der Waals surface area contributed by atoms with Gasteiger partial charge in [-0.25, -0.2) is 0 Å². The minimum Gasteiger partial charge on any atom is -0.497 e. The van der Waals surface area contributed by atoms with Gasteiger partial charge in [0, 0.05) is 11.3 Å². The van der Waals surface area contributed by atoms with Gasteiger partial charge < -0.3 is 14.1 Å². The SMILES string of the molecule is COc1ccc(N2C(=O)[C@H]([C@@H](C)O[Si](C)(C)C(C)(C)C)[C@H]2C(=O)c2ccccc2)cc1. The number of amides is 1. The number of ketones is 1. The van der Waals surface area contributed by atoms with Crippen molar-refractivity contribution in [3.8, 4) is 5.75 Å². The minimum absolute atomic E-state index is 0.0165. The molecular weight excluding hydrogens is 406 g/mol. The first-order valence-electron chi connectivity index (χ1n) is 10.7. The van der Waals surface area contributed by atoms with Crippen molar-refractivity contribution in [3.63, 3.8) is 0 Å². The molecule has 3 atom stereocenters. The van der Waals surface area contributed by atoms with E-state index < -0.39 is 20.3 Å². The molecule has 1 fully saturated rings. The van der Waals surface area contributed by atoms with Crippen LogP contribution < -0.4 is 9.64 Å². The fourth-order valence-corrected chi connectivity index (χ4v) is 5.20.